The van der Waals surface area contributed by atoms with Crippen LogP contribution >= 0.6 is 0 Å². The van der Waals surface area contributed by atoms with Crippen molar-refractivity contribution in [3.8, 4) is 11.5 Å². The van der Waals surface area contributed by atoms with Crippen molar-refractivity contribution in [3.63, 3.8) is 0 Å². The van der Waals surface area contributed by atoms with Crippen LogP contribution in [0.2, 0.25) is 0 Å². The predicted octanol–water partition coefficient (Wildman–Crippen LogP) is 5.62. The Morgan fingerprint density at radius 3 is 2.02 bits per heavy atom. The molecule has 2 atom stereocenters. The highest BCUT2D eigenvalue weighted by Crippen LogP contribution is 2.43. The van der Waals surface area contributed by atoms with Gasteiger partial charge in [-0.05, 0) is 73.6 Å². The van der Waals surface area contributed by atoms with Crippen LogP contribution in [-0.4, -0.2) is 42.0 Å². The maximum Gasteiger partial charge on any atom is 0.311 e. The van der Waals surface area contributed by atoms with Gasteiger partial charge in [-0.2, -0.15) is 0 Å². The first-order valence-corrected chi connectivity index (χ1v) is 14.8. The third-order valence-corrected chi connectivity index (χ3v) is 8.06. The molecule has 42 heavy (non-hydrogen) atoms. The fraction of sp³-hybridized carbons (Fsp3) is 0.412. The molecular formula is C34H39N3O5. The number of pyridine rings is 1. The lowest BCUT2D eigenvalue weighted by Crippen LogP contribution is -2.49. The minimum Gasteiger partial charge on any atom is -0.493 e. The molecule has 2 saturated carbocycles. The first kappa shape index (κ1) is 29.3. The van der Waals surface area contributed by atoms with Crippen LogP contribution in [0, 0.1) is 0 Å². The van der Waals surface area contributed by atoms with Crippen molar-refractivity contribution in [2.75, 3.05) is 7.11 Å². The SMILES string of the molecule is CCC(=O)Oc1c(OC)ccnc1C(=O)N[C@@H](C)C(=O)N[C@@H](C)C(c1cccc(C2CC2)c1)c1cccc(C2CC2)c1. The highest BCUT2D eigenvalue weighted by Gasteiger charge is 2.31. The van der Waals surface area contributed by atoms with Crippen LogP contribution in [0.3, 0.4) is 0 Å². The Labute approximate surface area is 247 Å². The van der Waals surface area contributed by atoms with Gasteiger partial charge >= 0.3 is 5.97 Å². The summed E-state index contributed by atoms with van der Waals surface area (Å²) in [5.41, 5.74) is 4.90. The molecule has 8 nitrogen and oxygen atoms in total. The van der Waals surface area contributed by atoms with Crippen molar-refractivity contribution in [1.29, 1.82) is 0 Å². The van der Waals surface area contributed by atoms with Gasteiger partial charge in [0.25, 0.3) is 5.91 Å². The number of ether oxygens (including phenoxy) is 2. The Bertz CT molecular complexity index is 1410. The Morgan fingerprint density at radius 1 is 0.905 bits per heavy atom. The molecule has 2 fully saturated rings. The van der Waals surface area contributed by atoms with Gasteiger partial charge in [-0.1, -0.05) is 55.5 Å². The number of amides is 2. The molecule has 2 amide bonds. The molecule has 0 radical (unpaired) electrons. The lowest BCUT2D eigenvalue weighted by atomic mass is 9.83. The van der Waals surface area contributed by atoms with Gasteiger partial charge in [-0.3, -0.25) is 14.4 Å². The standard InChI is InChI=1S/C34H39N3O5/c1-5-29(38)42-32-28(41-4)16-17-35-31(32)34(40)37-21(3)33(39)36-20(2)30(26-10-6-8-24(18-26)22-12-13-22)27-11-7-9-25(19-27)23-14-15-23/h6-11,16-23,30H,5,12-15H2,1-4H3,(H,36,39)(H,37,40)/t20-,21-/m0/s1. The number of aromatic nitrogens is 1. The summed E-state index contributed by atoms with van der Waals surface area (Å²) in [5, 5.41) is 5.86. The quantitative estimate of drug-likeness (QED) is 0.275. The van der Waals surface area contributed by atoms with Crippen LogP contribution < -0.4 is 20.1 Å². The second-order valence-corrected chi connectivity index (χ2v) is 11.4. The topological polar surface area (TPSA) is 107 Å². The first-order chi connectivity index (χ1) is 20.3. The highest BCUT2D eigenvalue weighted by molar-refractivity contribution is 5.99. The van der Waals surface area contributed by atoms with Gasteiger partial charge in [-0.15, -0.1) is 0 Å². The zero-order valence-electron chi connectivity index (χ0n) is 24.7. The third-order valence-electron chi connectivity index (χ3n) is 8.06. The van der Waals surface area contributed by atoms with Crippen molar-refractivity contribution in [2.45, 2.75) is 82.7 Å². The number of methoxy groups -OCH3 is 1. The van der Waals surface area contributed by atoms with E-state index in [9.17, 15) is 14.4 Å². The number of carbonyl (C=O) groups excluding carboxylic acids is 3. The molecule has 0 aliphatic heterocycles. The second-order valence-electron chi connectivity index (χ2n) is 11.4. The largest absolute Gasteiger partial charge is 0.493 e. The summed E-state index contributed by atoms with van der Waals surface area (Å²) in [6.07, 6.45) is 6.38. The zero-order chi connectivity index (χ0) is 29.8. The maximum atomic E-state index is 13.4. The Morgan fingerprint density at radius 2 is 1.50 bits per heavy atom. The second kappa shape index (κ2) is 12.8. The summed E-state index contributed by atoms with van der Waals surface area (Å²) in [5.74, 6) is -0.192. The third kappa shape index (κ3) is 6.81. The molecule has 2 aliphatic rings. The minimum absolute atomic E-state index is 0.0608. The van der Waals surface area contributed by atoms with Crippen LogP contribution in [0.5, 0.6) is 11.5 Å². The lowest BCUT2D eigenvalue weighted by Gasteiger charge is -2.28. The van der Waals surface area contributed by atoms with Gasteiger partial charge in [0.15, 0.2) is 11.4 Å². The van der Waals surface area contributed by atoms with Gasteiger partial charge in [0.2, 0.25) is 11.7 Å². The number of benzene rings is 2. The molecule has 2 N–H and O–H groups in total. The van der Waals surface area contributed by atoms with Crippen molar-refractivity contribution in [2.24, 2.45) is 0 Å². The summed E-state index contributed by atoms with van der Waals surface area (Å²) in [6.45, 7) is 5.28. The summed E-state index contributed by atoms with van der Waals surface area (Å²) < 4.78 is 10.6. The highest BCUT2D eigenvalue weighted by atomic mass is 16.6. The Hall–Kier alpha value is -4.20. The molecule has 8 heteroatoms. The average Bonchev–Trinajstić information content (AvgIpc) is 3.91. The minimum atomic E-state index is -0.876. The number of carbonyl (C=O) groups is 3. The molecule has 0 unspecified atom stereocenters. The molecule has 1 aromatic heterocycles. The van der Waals surface area contributed by atoms with Crippen molar-refractivity contribution < 1.29 is 23.9 Å². The number of rotatable bonds is 12. The molecule has 0 saturated heterocycles. The van der Waals surface area contributed by atoms with Crippen LogP contribution in [0.1, 0.15) is 103 Å². The van der Waals surface area contributed by atoms with Gasteiger partial charge in [0, 0.05) is 30.6 Å². The molecule has 5 rings (SSSR count). The van der Waals surface area contributed by atoms with E-state index in [0.29, 0.717) is 11.8 Å². The summed E-state index contributed by atoms with van der Waals surface area (Å²) in [4.78, 5) is 42.7. The van der Waals surface area contributed by atoms with Crippen molar-refractivity contribution in [3.05, 3.63) is 88.7 Å². The average molecular weight is 570 g/mol. The van der Waals surface area contributed by atoms with E-state index in [1.165, 1.54) is 67.3 Å². The van der Waals surface area contributed by atoms with Crippen LogP contribution in [-0.2, 0) is 9.59 Å². The molecule has 3 aromatic rings. The monoisotopic (exact) mass is 569 g/mol. The predicted molar refractivity (Wildman–Crippen MR) is 160 cm³/mol. The Balaban J connectivity index is 1.34. The summed E-state index contributed by atoms with van der Waals surface area (Å²) in [7, 11) is 1.41. The van der Waals surface area contributed by atoms with Crippen LogP contribution in [0.15, 0.2) is 60.8 Å². The van der Waals surface area contributed by atoms with E-state index >= 15 is 0 Å². The lowest BCUT2D eigenvalue weighted by molar-refractivity contribution is -0.134. The van der Waals surface area contributed by atoms with Gasteiger partial charge in [0.1, 0.15) is 6.04 Å². The molecule has 0 bridgehead atoms. The van der Waals surface area contributed by atoms with Crippen molar-refractivity contribution in [1.82, 2.24) is 15.6 Å². The van der Waals surface area contributed by atoms with Crippen LogP contribution in [0.25, 0.3) is 0 Å². The van der Waals surface area contributed by atoms with Gasteiger partial charge in [0.05, 0.1) is 7.11 Å². The number of nitrogens with zero attached hydrogens (tertiary/aromatic N) is 1. The van der Waals surface area contributed by atoms with E-state index in [0.717, 1.165) is 0 Å². The zero-order valence-corrected chi connectivity index (χ0v) is 24.7. The molecule has 220 valence electrons. The molecule has 0 spiro atoms. The number of hydrogen-bond acceptors (Lipinski definition) is 6. The van der Waals surface area contributed by atoms with E-state index in [-0.39, 0.29) is 41.5 Å². The van der Waals surface area contributed by atoms with Gasteiger partial charge in [-0.25, -0.2) is 4.98 Å². The maximum absolute atomic E-state index is 13.4. The number of hydrogen-bond donors (Lipinski definition) is 2. The van der Waals surface area contributed by atoms with Gasteiger partial charge < -0.3 is 20.1 Å². The van der Waals surface area contributed by atoms with E-state index < -0.39 is 17.9 Å². The smallest absolute Gasteiger partial charge is 0.311 e. The van der Waals surface area contributed by atoms with E-state index in [1.54, 1.807) is 13.8 Å². The van der Waals surface area contributed by atoms with Crippen LogP contribution in [0.4, 0.5) is 0 Å². The fourth-order valence-corrected chi connectivity index (χ4v) is 5.42. The van der Waals surface area contributed by atoms with E-state index in [2.05, 4.69) is 64.1 Å². The van der Waals surface area contributed by atoms with E-state index in [1.807, 2.05) is 6.92 Å². The van der Waals surface area contributed by atoms with Crippen molar-refractivity contribution >= 4 is 17.8 Å². The first-order valence-electron chi connectivity index (χ1n) is 14.8. The summed E-state index contributed by atoms with van der Waals surface area (Å²) >= 11 is 0. The molecule has 2 aromatic carbocycles. The molecule has 1 heterocycles. The number of nitrogens with one attached hydrogen (secondary N) is 2. The molecular weight excluding hydrogens is 530 g/mol. The normalized spacial score (nSPS) is 15.9. The Kier molecular flexibility index (Phi) is 8.90. The van der Waals surface area contributed by atoms with E-state index in [4.69, 9.17) is 9.47 Å². The molecule has 2 aliphatic carbocycles. The fourth-order valence-electron chi connectivity index (χ4n) is 5.42. The summed E-state index contributed by atoms with van der Waals surface area (Å²) in [6, 6.07) is 17.8. The number of esters is 1.